The van der Waals surface area contributed by atoms with Crippen LogP contribution in [0.25, 0.3) is 0 Å². The van der Waals surface area contributed by atoms with E-state index >= 15 is 0 Å². The summed E-state index contributed by atoms with van der Waals surface area (Å²) < 4.78 is 32.2. The summed E-state index contributed by atoms with van der Waals surface area (Å²) in [6.45, 7) is 3.24. The lowest BCUT2D eigenvalue weighted by atomic mass is 10.0. The molecule has 3 aromatic rings. The smallest absolute Gasteiger partial charge is 0.244 e. The molecule has 0 radical (unpaired) electrons. The number of benzene rings is 3. The largest absolute Gasteiger partial charge is 0.495 e. The molecule has 3 rings (SSSR count). The van der Waals surface area contributed by atoms with E-state index in [0.29, 0.717) is 10.8 Å². The van der Waals surface area contributed by atoms with Crippen molar-refractivity contribution in [2.45, 2.75) is 38.9 Å². The van der Waals surface area contributed by atoms with Crippen LogP contribution in [0.1, 0.15) is 25.0 Å². The van der Waals surface area contributed by atoms with Crippen LogP contribution in [-0.4, -0.2) is 57.1 Å². The van der Waals surface area contributed by atoms with E-state index in [1.54, 1.807) is 48.5 Å². The Labute approximate surface area is 235 Å². The minimum Gasteiger partial charge on any atom is -0.495 e. The average molecular weight is 572 g/mol. The zero-order chi connectivity index (χ0) is 28.6. The molecule has 0 spiro atoms. The highest BCUT2D eigenvalue weighted by Gasteiger charge is 2.33. The maximum atomic E-state index is 14.0. The van der Waals surface area contributed by atoms with Gasteiger partial charge >= 0.3 is 0 Å². The van der Waals surface area contributed by atoms with Crippen molar-refractivity contribution >= 4 is 39.1 Å². The monoisotopic (exact) mass is 571 g/mol. The van der Waals surface area contributed by atoms with Crippen molar-refractivity contribution in [2.75, 3.05) is 24.2 Å². The molecule has 0 fully saturated rings. The maximum absolute atomic E-state index is 14.0. The number of para-hydroxylation sites is 2. The molecule has 1 atom stereocenters. The molecule has 208 valence electrons. The van der Waals surface area contributed by atoms with E-state index in [4.69, 9.17) is 16.3 Å². The molecule has 39 heavy (non-hydrogen) atoms. The molecule has 0 aliphatic heterocycles. The molecule has 1 N–H and O–H groups in total. The molecular weight excluding hydrogens is 538 g/mol. The van der Waals surface area contributed by atoms with E-state index in [1.165, 1.54) is 12.0 Å². The highest BCUT2D eigenvalue weighted by molar-refractivity contribution is 7.92. The summed E-state index contributed by atoms with van der Waals surface area (Å²) in [5.41, 5.74) is 1.83. The summed E-state index contributed by atoms with van der Waals surface area (Å²) in [5.74, 6) is -0.571. The van der Waals surface area contributed by atoms with E-state index in [1.807, 2.05) is 44.2 Å². The second-order valence-corrected chi connectivity index (χ2v) is 11.8. The van der Waals surface area contributed by atoms with Crippen LogP contribution in [0.2, 0.25) is 5.02 Å². The summed E-state index contributed by atoms with van der Waals surface area (Å²) in [6, 6.07) is 21.9. The Morgan fingerprint density at radius 1 is 0.923 bits per heavy atom. The first-order valence-electron chi connectivity index (χ1n) is 12.5. The van der Waals surface area contributed by atoms with Gasteiger partial charge in [0.15, 0.2) is 0 Å². The number of sulfonamides is 1. The molecule has 0 bridgehead atoms. The van der Waals surface area contributed by atoms with Gasteiger partial charge in [0.05, 0.1) is 19.1 Å². The Kier molecular flexibility index (Phi) is 10.4. The van der Waals surface area contributed by atoms with Gasteiger partial charge in [-0.05, 0) is 49.2 Å². The van der Waals surface area contributed by atoms with Crippen molar-refractivity contribution in [3.8, 4) is 5.75 Å². The highest BCUT2D eigenvalue weighted by atomic mass is 35.5. The number of nitrogens with zero attached hydrogens (tertiary/aromatic N) is 2. The zero-order valence-electron chi connectivity index (χ0n) is 22.5. The SMILES string of the molecule is COc1ccccc1N(CC(=O)N(Cc1ccc(Cl)cc1)[C@H](Cc1ccccc1)C(=O)NC(C)C)S(C)(=O)=O. The quantitative estimate of drug-likeness (QED) is 0.350. The van der Waals surface area contributed by atoms with E-state index < -0.39 is 28.5 Å². The normalized spacial score (nSPS) is 12.1. The fraction of sp³-hybridized carbons (Fsp3) is 0.310. The Morgan fingerprint density at radius 3 is 2.13 bits per heavy atom. The minimum absolute atomic E-state index is 0.0720. The van der Waals surface area contributed by atoms with E-state index in [0.717, 1.165) is 21.7 Å². The van der Waals surface area contributed by atoms with Crippen molar-refractivity contribution in [3.05, 3.63) is 95.0 Å². The van der Waals surface area contributed by atoms with Gasteiger partial charge in [-0.3, -0.25) is 13.9 Å². The number of halogens is 1. The molecule has 2 amide bonds. The summed E-state index contributed by atoms with van der Waals surface area (Å²) in [5, 5.41) is 3.46. The predicted molar refractivity (Wildman–Crippen MR) is 154 cm³/mol. The van der Waals surface area contributed by atoms with Crippen LogP contribution in [0.4, 0.5) is 5.69 Å². The van der Waals surface area contributed by atoms with Gasteiger partial charge in [-0.25, -0.2) is 8.42 Å². The number of carbonyl (C=O) groups is 2. The first kappa shape index (κ1) is 30.0. The maximum Gasteiger partial charge on any atom is 0.244 e. The fourth-order valence-corrected chi connectivity index (χ4v) is 5.13. The van der Waals surface area contributed by atoms with Crippen molar-refractivity contribution in [2.24, 2.45) is 0 Å². The van der Waals surface area contributed by atoms with Gasteiger partial charge in [-0.1, -0.05) is 66.2 Å². The molecule has 10 heteroatoms. The summed E-state index contributed by atoms with van der Waals surface area (Å²) in [7, 11) is -2.46. The number of carbonyl (C=O) groups excluding carboxylic acids is 2. The third-order valence-electron chi connectivity index (χ3n) is 6.00. The number of anilines is 1. The lowest BCUT2D eigenvalue weighted by Crippen LogP contribution is -2.54. The van der Waals surface area contributed by atoms with Crippen LogP contribution in [-0.2, 0) is 32.6 Å². The number of methoxy groups -OCH3 is 1. The number of hydrogen-bond donors (Lipinski definition) is 1. The summed E-state index contributed by atoms with van der Waals surface area (Å²) in [4.78, 5) is 29.0. The van der Waals surface area contributed by atoms with Crippen LogP contribution in [0.15, 0.2) is 78.9 Å². The number of amides is 2. The number of rotatable bonds is 12. The molecular formula is C29H34ClN3O5S. The topological polar surface area (TPSA) is 96.0 Å². The fourth-order valence-electron chi connectivity index (χ4n) is 4.15. The Bertz CT molecular complexity index is 1370. The van der Waals surface area contributed by atoms with Crippen LogP contribution in [0.5, 0.6) is 5.75 Å². The van der Waals surface area contributed by atoms with Gasteiger partial charge in [0, 0.05) is 24.0 Å². The van der Waals surface area contributed by atoms with E-state index in [2.05, 4.69) is 5.32 Å². The second-order valence-electron chi connectivity index (χ2n) is 9.46. The minimum atomic E-state index is -3.89. The van der Waals surface area contributed by atoms with Gasteiger partial charge in [0.25, 0.3) is 0 Å². The van der Waals surface area contributed by atoms with Gasteiger partial charge in [-0.15, -0.1) is 0 Å². The third kappa shape index (κ3) is 8.46. The molecule has 0 aromatic heterocycles. The first-order valence-corrected chi connectivity index (χ1v) is 14.7. The van der Waals surface area contributed by atoms with Crippen LogP contribution >= 0.6 is 11.6 Å². The molecule has 8 nitrogen and oxygen atoms in total. The Hall–Kier alpha value is -3.56. The Morgan fingerprint density at radius 2 is 1.54 bits per heavy atom. The van der Waals surface area contributed by atoms with Crippen molar-refractivity contribution in [1.29, 1.82) is 0 Å². The summed E-state index contributed by atoms with van der Waals surface area (Å²) in [6.07, 6.45) is 1.27. The van der Waals surface area contributed by atoms with Crippen molar-refractivity contribution in [3.63, 3.8) is 0 Å². The van der Waals surface area contributed by atoms with E-state index in [9.17, 15) is 18.0 Å². The lowest BCUT2D eigenvalue weighted by molar-refractivity contribution is -0.140. The van der Waals surface area contributed by atoms with E-state index in [-0.39, 0.29) is 30.6 Å². The average Bonchev–Trinajstić information content (AvgIpc) is 2.89. The highest BCUT2D eigenvalue weighted by Crippen LogP contribution is 2.30. The predicted octanol–water partition coefficient (Wildman–Crippen LogP) is 4.28. The first-order chi connectivity index (χ1) is 18.5. The molecule has 0 saturated carbocycles. The van der Waals surface area contributed by atoms with Crippen molar-refractivity contribution in [1.82, 2.24) is 10.2 Å². The number of ether oxygens (including phenoxy) is 1. The molecule has 0 saturated heterocycles. The molecule has 0 heterocycles. The molecule has 0 aliphatic rings. The second kappa shape index (κ2) is 13.5. The van der Waals surface area contributed by atoms with Gasteiger partial charge < -0.3 is 15.0 Å². The third-order valence-corrected chi connectivity index (χ3v) is 7.38. The number of hydrogen-bond acceptors (Lipinski definition) is 5. The van der Waals surface area contributed by atoms with Crippen molar-refractivity contribution < 1.29 is 22.7 Å². The zero-order valence-corrected chi connectivity index (χ0v) is 24.1. The van der Waals surface area contributed by atoms with Crippen LogP contribution < -0.4 is 14.4 Å². The van der Waals surface area contributed by atoms with Gasteiger partial charge in [-0.2, -0.15) is 0 Å². The molecule has 3 aromatic carbocycles. The lowest BCUT2D eigenvalue weighted by Gasteiger charge is -2.34. The van der Waals surface area contributed by atoms with Crippen LogP contribution in [0.3, 0.4) is 0 Å². The molecule has 0 aliphatic carbocycles. The standard InChI is InChI=1S/C29H34ClN3O5S/c1-21(2)31-29(35)26(18-22-10-6-5-7-11-22)32(19-23-14-16-24(30)17-15-23)28(34)20-33(39(4,36)37)25-12-8-9-13-27(25)38-3/h5-17,21,26H,18-20H2,1-4H3,(H,31,35)/t26-/m1/s1. The van der Waals surface area contributed by atoms with Gasteiger partial charge in [0.1, 0.15) is 18.3 Å². The summed E-state index contributed by atoms with van der Waals surface area (Å²) >= 11 is 6.07. The Balaban J connectivity index is 2.07. The number of nitrogens with one attached hydrogen (secondary N) is 1. The van der Waals surface area contributed by atoms with Gasteiger partial charge in [0.2, 0.25) is 21.8 Å². The molecule has 0 unspecified atom stereocenters. The van der Waals surface area contributed by atoms with Crippen LogP contribution in [0, 0.1) is 0 Å².